The van der Waals surface area contributed by atoms with Gasteiger partial charge in [-0.05, 0) is 49.9 Å². The van der Waals surface area contributed by atoms with Gasteiger partial charge in [0, 0.05) is 5.56 Å². The van der Waals surface area contributed by atoms with E-state index in [4.69, 9.17) is 5.11 Å². The SMILES string of the molecule is C=CCCC(NC(=O)c1cc(C)c(F)c(C)c1)C(=O)O. The van der Waals surface area contributed by atoms with Gasteiger partial charge in [0.25, 0.3) is 5.91 Å². The number of aryl methyl sites for hydroxylation is 2. The highest BCUT2D eigenvalue weighted by molar-refractivity contribution is 5.96. The van der Waals surface area contributed by atoms with Crippen LogP contribution >= 0.6 is 0 Å². The van der Waals surface area contributed by atoms with Gasteiger partial charge in [-0.1, -0.05) is 6.08 Å². The first-order valence-corrected chi connectivity index (χ1v) is 6.28. The number of carbonyl (C=O) groups excluding carboxylic acids is 1. The molecule has 1 unspecified atom stereocenters. The standard InChI is InChI=1S/C15H18FNO3/c1-4-5-6-12(15(19)20)17-14(18)11-7-9(2)13(16)10(3)8-11/h4,7-8,12H,1,5-6H2,2-3H3,(H,17,18)(H,19,20). The van der Waals surface area contributed by atoms with E-state index in [1.807, 2.05) is 0 Å². The van der Waals surface area contributed by atoms with Gasteiger partial charge in [0.2, 0.25) is 0 Å². The van der Waals surface area contributed by atoms with E-state index in [9.17, 15) is 14.0 Å². The molecule has 1 amide bonds. The van der Waals surface area contributed by atoms with Crippen molar-refractivity contribution in [1.82, 2.24) is 5.32 Å². The fourth-order valence-electron chi connectivity index (χ4n) is 1.86. The highest BCUT2D eigenvalue weighted by atomic mass is 19.1. The van der Waals surface area contributed by atoms with Crippen LogP contribution in [0.25, 0.3) is 0 Å². The molecule has 0 bridgehead atoms. The summed E-state index contributed by atoms with van der Waals surface area (Å²) < 4.78 is 13.5. The second kappa shape index (κ2) is 6.84. The molecule has 0 saturated carbocycles. The first-order valence-electron chi connectivity index (χ1n) is 6.28. The first kappa shape index (κ1) is 15.9. The number of allylic oxidation sites excluding steroid dienone is 1. The molecule has 108 valence electrons. The Hall–Kier alpha value is -2.17. The lowest BCUT2D eigenvalue weighted by molar-refractivity contribution is -0.139. The highest BCUT2D eigenvalue weighted by Crippen LogP contribution is 2.15. The molecule has 0 aliphatic carbocycles. The minimum absolute atomic E-state index is 0.256. The molecular weight excluding hydrogens is 261 g/mol. The zero-order valence-electron chi connectivity index (χ0n) is 11.6. The zero-order chi connectivity index (χ0) is 15.3. The quantitative estimate of drug-likeness (QED) is 0.787. The normalized spacial score (nSPS) is 11.8. The molecule has 0 aliphatic rings. The Kier molecular flexibility index (Phi) is 5.43. The predicted octanol–water partition coefficient (Wildman–Crippen LogP) is 2.59. The Morgan fingerprint density at radius 1 is 1.40 bits per heavy atom. The third-order valence-corrected chi connectivity index (χ3v) is 2.96. The van der Waals surface area contributed by atoms with E-state index in [0.717, 1.165) is 0 Å². The van der Waals surface area contributed by atoms with Crippen molar-refractivity contribution >= 4 is 11.9 Å². The molecule has 1 aromatic carbocycles. The third kappa shape index (κ3) is 3.91. The van der Waals surface area contributed by atoms with Gasteiger partial charge in [-0.25, -0.2) is 9.18 Å². The van der Waals surface area contributed by atoms with E-state index >= 15 is 0 Å². The molecule has 4 nitrogen and oxygen atoms in total. The van der Waals surface area contributed by atoms with E-state index < -0.39 is 17.9 Å². The lowest BCUT2D eigenvalue weighted by atomic mass is 10.0. The molecule has 0 saturated heterocycles. The molecule has 0 heterocycles. The number of amides is 1. The monoisotopic (exact) mass is 279 g/mol. The summed E-state index contributed by atoms with van der Waals surface area (Å²) in [5.41, 5.74) is 0.965. The number of carboxylic acid groups (broad SMARTS) is 1. The van der Waals surface area contributed by atoms with Crippen molar-refractivity contribution in [1.29, 1.82) is 0 Å². The summed E-state index contributed by atoms with van der Waals surface area (Å²) in [4.78, 5) is 23.1. The van der Waals surface area contributed by atoms with E-state index in [1.165, 1.54) is 12.1 Å². The molecule has 0 aliphatic heterocycles. The summed E-state index contributed by atoms with van der Waals surface area (Å²) in [5.74, 6) is -1.98. The maximum absolute atomic E-state index is 13.5. The molecule has 0 radical (unpaired) electrons. The van der Waals surface area contributed by atoms with E-state index in [2.05, 4.69) is 11.9 Å². The van der Waals surface area contributed by atoms with E-state index in [1.54, 1.807) is 19.9 Å². The topological polar surface area (TPSA) is 66.4 Å². The Labute approximate surface area is 117 Å². The number of carboxylic acids is 1. The second-order valence-electron chi connectivity index (χ2n) is 4.65. The van der Waals surface area contributed by atoms with Gasteiger partial charge in [-0.2, -0.15) is 0 Å². The Bertz CT molecular complexity index is 517. The molecule has 0 spiro atoms. The molecule has 1 rings (SSSR count). The van der Waals surface area contributed by atoms with Gasteiger partial charge < -0.3 is 10.4 Å². The molecule has 2 N–H and O–H groups in total. The minimum atomic E-state index is -1.10. The van der Waals surface area contributed by atoms with Crippen LogP contribution in [0.15, 0.2) is 24.8 Å². The predicted molar refractivity (Wildman–Crippen MR) is 74.2 cm³/mol. The van der Waals surface area contributed by atoms with Crippen molar-refractivity contribution in [3.05, 3.63) is 47.3 Å². The summed E-state index contributed by atoms with van der Waals surface area (Å²) in [7, 11) is 0. The lowest BCUT2D eigenvalue weighted by Gasteiger charge is -2.14. The summed E-state index contributed by atoms with van der Waals surface area (Å²) in [6.07, 6.45) is 2.34. The fraction of sp³-hybridized carbons (Fsp3) is 0.333. The second-order valence-corrected chi connectivity index (χ2v) is 4.65. The van der Waals surface area contributed by atoms with Crippen molar-refractivity contribution in [2.45, 2.75) is 32.7 Å². The highest BCUT2D eigenvalue weighted by Gasteiger charge is 2.20. The zero-order valence-corrected chi connectivity index (χ0v) is 11.6. The fourth-order valence-corrected chi connectivity index (χ4v) is 1.86. The van der Waals surface area contributed by atoms with Crippen molar-refractivity contribution in [2.24, 2.45) is 0 Å². The van der Waals surface area contributed by atoms with Crippen molar-refractivity contribution in [2.75, 3.05) is 0 Å². The molecular formula is C15H18FNO3. The van der Waals surface area contributed by atoms with Crippen molar-refractivity contribution < 1.29 is 19.1 Å². The van der Waals surface area contributed by atoms with Crippen molar-refractivity contribution in [3.63, 3.8) is 0 Å². The van der Waals surface area contributed by atoms with Gasteiger partial charge in [0.15, 0.2) is 0 Å². The van der Waals surface area contributed by atoms with E-state index in [0.29, 0.717) is 17.5 Å². The Balaban J connectivity index is 2.89. The molecule has 1 atom stereocenters. The summed E-state index contributed by atoms with van der Waals surface area (Å²) >= 11 is 0. The summed E-state index contributed by atoms with van der Waals surface area (Å²) in [6.45, 7) is 6.64. The van der Waals surface area contributed by atoms with Gasteiger partial charge in [-0.15, -0.1) is 6.58 Å². The summed E-state index contributed by atoms with van der Waals surface area (Å²) in [5, 5.41) is 11.5. The van der Waals surface area contributed by atoms with Gasteiger partial charge >= 0.3 is 5.97 Å². The number of benzene rings is 1. The average molecular weight is 279 g/mol. The Morgan fingerprint density at radius 3 is 2.40 bits per heavy atom. The number of aliphatic carboxylic acids is 1. The minimum Gasteiger partial charge on any atom is -0.480 e. The van der Waals surface area contributed by atoms with Crippen LogP contribution in [-0.2, 0) is 4.79 Å². The van der Waals surface area contributed by atoms with Gasteiger partial charge in [0.05, 0.1) is 0 Å². The number of halogens is 1. The van der Waals surface area contributed by atoms with E-state index in [-0.39, 0.29) is 17.8 Å². The number of nitrogens with one attached hydrogen (secondary N) is 1. The van der Waals surface area contributed by atoms with Crippen LogP contribution in [0.3, 0.4) is 0 Å². The number of hydrogen-bond donors (Lipinski definition) is 2. The van der Waals surface area contributed by atoms with Crippen LogP contribution in [0.4, 0.5) is 4.39 Å². The lowest BCUT2D eigenvalue weighted by Crippen LogP contribution is -2.40. The van der Waals surface area contributed by atoms with Crippen LogP contribution in [0.5, 0.6) is 0 Å². The molecule has 5 heteroatoms. The van der Waals surface area contributed by atoms with Crippen LogP contribution in [0.2, 0.25) is 0 Å². The molecule has 0 aromatic heterocycles. The molecule has 20 heavy (non-hydrogen) atoms. The largest absolute Gasteiger partial charge is 0.480 e. The number of rotatable bonds is 6. The van der Waals surface area contributed by atoms with Crippen molar-refractivity contribution in [3.8, 4) is 0 Å². The maximum atomic E-state index is 13.5. The molecule has 0 fully saturated rings. The molecule has 1 aromatic rings. The maximum Gasteiger partial charge on any atom is 0.326 e. The van der Waals surface area contributed by atoms with Crippen LogP contribution in [-0.4, -0.2) is 23.0 Å². The van der Waals surface area contributed by atoms with Gasteiger partial charge in [0.1, 0.15) is 11.9 Å². The summed E-state index contributed by atoms with van der Waals surface area (Å²) in [6, 6.07) is 1.83. The third-order valence-electron chi connectivity index (χ3n) is 2.96. The number of carbonyl (C=O) groups is 2. The van der Waals surface area contributed by atoms with Gasteiger partial charge in [-0.3, -0.25) is 4.79 Å². The van der Waals surface area contributed by atoms with Crippen LogP contribution < -0.4 is 5.32 Å². The van der Waals surface area contributed by atoms with Crippen LogP contribution in [0, 0.1) is 19.7 Å². The number of hydrogen-bond acceptors (Lipinski definition) is 2. The smallest absolute Gasteiger partial charge is 0.326 e. The first-order chi connectivity index (χ1) is 9.36. The Morgan fingerprint density at radius 2 is 1.95 bits per heavy atom. The van der Waals surface area contributed by atoms with Crippen LogP contribution in [0.1, 0.15) is 34.3 Å². The average Bonchev–Trinajstić information content (AvgIpc) is 2.39.